The van der Waals surface area contributed by atoms with Crippen molar-refractivity contribution < 1.29 is 14.3 Å². The summed E-state index contributed by atoms with van der Waals surface area (Å²) in [6, 6.07) is 0. The van der Waals surface area contributed by atoms with Crippen molar-refractivity contribution in [1.29, 1.82) is 0 Å². The highest BCUT2D eigenvalue weighted by atomic mass is 16.5. The number of hydrogen-bond acceptors (Lipinski definition) is 3. The van der Waals surface area contributed by atoms with Crippen LogP contribution in [-0.4, -0.2) is 49.1 Å². The Labute approximate surface area is 101 Å². The molecule has 0 aromatic rings. The zero-order valence-corrected chi connectivity index (χ0v) is 10.3. The van der Waals surface area contributed by atoms with Crippen LogP contribution >= 0.6 is 0 Å². The van der Waals surface area contributed by atoms with Crippen molar-refractivity contribution in [3.05, 3.63) is 0 Å². The first-order valence-corrected chi connectivity index (χ1v) is 6.35. The minimum Gasteiger partial charge on any atom is -0.378 e. The molecule has 0 aromatic heterocycles. The van der Waals surface area contributed by atoms with E-state index in [4.69, 9.17) is 4.74 Å². The van der Waals surface area contributed by atoms with Crippen molar-refractivity contribution in [1.82, 2.24) is 10.2 Å². The Morgan fingerprint density at radius 3 is 3.06 bits per heavy atom. The number of hydrogen-bond donors (Lipinski definition) is 1. The van der Waals surface area contributed by atoms with E-state index in [1.165, 1.54) is 0 Å². The first-order valence-electron chi connectivity index (χ1n) is 6.35. The Hall–Kier alpha value is -1.10. The molecule has 0 radical (unpaired) electrons. The Bertz CT molecular complexity index is 306. The standard InChI is InChI=1S/C12H20N2O3/c1-9-10(3-2-8-17-9)12(16)14-6-4-11(15)13-5-7-14/h9-10H,2-8H2,1H3,(H,13,15)/t9-,10-/m0/s1. The average molecular weight is 240 g/mol. The zero-order valence-electron chi connectivity index (χ0n) is 10.3. The summed E-state index contributed by atoms with van der Waals surface area (Å²) < 4.78 is 5.52. The fourth-order valence-electron chi connectivity index (χ4n) is 2.47. The van der Waals surface area contributed by atoms with E-state index in [2.05, 4.69) is 5.32 Å². The molecule has 0 bridgehead atoms. The van der Waals surface area contributed by atoms with Crippen LogP contribution in [0.25, 0.3) is 0 Å². The van der Waals surface area contributed by atoms with Crippen molar-refractivity contribution in [2.75, 3.05) is 26.2 Å². The summed E-state index contributed by atoms with van der Waals surface area (Å²) >= 11 is 0. The smallest absolute Gasteiger partial charge is 0.228 e. The van der Waals surface area contributed by atoms with Gasteiger partial charge in [-0.2, -0.15) is 0 Å². The lowest BCUT2D eigenvalue weighted by Gasteiger charge is -2.32. The average Bonchev–Trinajstić information content (AvgIpc) is 2.54. The second-order valence-corrected chi connectivity index (χ2v) is 4.75. The number of rotatable bonds is 1. The van der Waals surface area contributed by atoms with Gasteiger partial charge in [-0.15, -0.1) is 0 Å². The van der Waals surface area contributed by atoms with Crippen molar-refractivity contribution in [3.8, 4) is 0 Å². The van der Waals surface area contributed by atoms with E-state index < -0.39 is 0 Å². The highest BCUT2D eigenvalue weighted by Gasteiger charge is 2.32. The van der Waals surface area contributed by atoms with Crippen LogP contribution in [0.5, 0.6) is 0 Å². The fourth-order valence-corrected chi connectivity index (χ4v) is 2.47. The third kappa shape index (κ3) is 2.97. The minimum absolute atomic E-state index is 0.00293. The number of carbonyl (C=O) groups is 2. The Morgan fingerprint density at radius 1 is 1.47 bits per heavy atom. The molecule has 0 spiro atoms. The second kappa shape index (κ2) is 5.49. The largest absolute Gasteiger partial charge is 0.378 e. The molecule has 0 unspecified atom stereocenters. The molecule has 2 rings (SSSR count). The van der Waals surface area contributed by atoms with Crippen LogP contribution in [0.3, 0.4) is 0 Å². The predicted molar refractivity (Wildman–Crippen MR) is 62.3 cm³/mol. The maximum absolute atomic E-state index is 12.3. The van der Waals surface area contributed by atoms with Crippen LogP contribution in [0.15, 0.2) is 0 Å². The number of nitrogens with one attached hydrogen (secondary N) is 1. The van der Waals surface area contributed by atoms with Crippen LogP contribution in [0.4, 0.5) is 0 Å². The molecule has 5 nitrogen and oxygen atoms in total. The molecule has 2 saturated heterocycles. The summed E-state index contributed by atoms with van der Waals surface area (Å²) in [6.07, 6.45) is 2.26. The molecule has 0 aliphatic carbocycles. The molecule has 2 atom stereocenters. The van der Waals surface area contributed by atoms with Crippen LogP contribution in [-0.2, 0) is 14.3 Å². The third-order valence-electron chi connectivity index (χ3n) is 3.55. The van der Waals surface area contributed by atoms with Crippen LogP contribution in [0, 0.1) is 5.92 Å². The van der Waals surface area contributed by atoms with Gasteiger partial charge in [0.05, 0.1) is 12.0 Å². The molecule has 2 fully saturated rings. The van der Waals surface area contributed by atoms with Gasteiger partial charge in [-0.05, 0) is 19.8 Å². The van der Waals surface area contributed by atoms with Gasteiger partial charge in [-0.25, -0.2) is 0 Å². The van der Waals surface area contributed by atoms with Crippen molar-refractivity contribution in [3.63, 3.8) is 0 Å². The predicted octanol–water partition coefficient (Wildman–Crippen LogP) is 0.150. The molecule has 96 valence electrons. The molecule has 2 heterocycles. The van der Waals surface area contributed by atoms with E-state index in [0.29, 0.717) is 26.1 Å². The van der Waals surface area contributed by atoms with Gasteiger partial charge in [0, 0.05) is 32.7 Å². The molecular weight excluding hydrogens is 220 g/mol. The SMILES string of the molecule is C[C@@H]1OCCC[C@@H]1C(=O)N1CCNC(=O)CC1. The van der Waals surface area contributed by atoms with E-state index in [1.54, 1.807) is 4.90 Å². The molecule has 1 N–H and O–H groups in total. The fraction of sp³-hybridized carbons (Fsp3) is 0.833. The summed E-state index contributed by atoms with van der Waals surface area (Å²) in [5.41, 5.74) is 0. The summed E-state index contributed by atoms with van der Waals surface area (Å²) in [7, 11) is 0. The molecular formula is C12H20N2O3. The number of ether oxygens (including phenoxy) is 1. The first kappa shape index (κ1) is 12.4. The van der Waals surface area contributed by atoms with Gasteiger partial charge < -0.3 is 15.0 Å². The van der Waals surface area contributed by atoms with Crippen molar-refractivity contribution in [2.45, 2.75) is 32.3 Å². The lowest BCUT2D eigenvalue weighted by atomic mass is 9.94. The monoisotopic (exact) mass is 240 g/mol. The summed E-state index contributed by atoms with van der Waals surface area (Å²) in [4.78, 5) is 25.3. The Morgan fingerprint density at radius 2 is 2.29 bits per heavy atom. The highest BCUT2D eigenvalue weighted by Crippen LogP contribution is 2.23. The topological polar surface area (TPSA) is 58.6 Å². The van der Waals surface area contributed by atoms with Gasteiger partial charge >= 0.3 is 0 Å². The molecule has 0 saturated carbocycles. The number of carbonyl (C=O) groups excluding carboxylic acids is 2. The van der Waals surface area contributed by atoms with E-state index in [9.17, 15) is 9.59 Å². The Balaban J connectivity index is 1.95. The van der Waals surface area contributed by atoms with Gasteiger partial charge in [0.1, 0.15) is 0 Å². The first-order chi connectivity index (χ1) is 8.18. The molecule has 5 heteroatoms. The maximum atomic E-state index is 12.3. The maximum Gasteiger partial charge on any atom is 0.228 e. The molecule has 2 aliphatic heterocycles. The van der Waals surface area contributed by atoms with E-state index >= 15 is 0 Å². The molecule has 2 aliphatic rings. The third-order valence-corrected chi connectivity index (χ3v) is 3.55. The van der Waals surface area contributed by atoms with Crippen molar-refractivity contribution >= 4 is 11.8 Å². The minimum atomic E-state index is -0.0306. The zero-order chi connectivity index (χ0) is 12.3. The normalized spacial score (nSPS) is 30.6. The molecule has 17 heavy (non-hydrogen) atoms. The van der Waals surface area contributed by atoms with Crippen LogP contribution in [0.1, 0.15) is 26.2 Å². The number of nitrogens with zero attached hydrogens (tertiary/aromatic N) is 1. The molecule has 2 amide bonds. The quantitative estimate of drug-likeness (QED) is 0.710. The summed E-state index contributed by atoms with van der Waals surface area (Å²) in [5.74, 6) is 0.152. The summed E-state index contributed by atoms with van der Waals surface area (Å²) in [6.45, 7) is 4.43. The van der Waals surface area contributed by atoms with E-state index in [0.717, 1.165) is 19.4 Å². The van der Waals surface area contributed by atoms with Gasteiger partial charge in [-0.3, -0.25) is 9.59 Å². The van der Waals surface area contributed by atoms with Gasteiger partial charge in [-0.1, -0.05) is 0 Å². The lowest BCUT2D eigenvalue weighted by molar-refractivity contribution is -0.143. The number of amides is 2. The van der Waals surface area contributed by atoms with Gasteiger partial charge in [0.25, 0.3) is 0 Å². The van der Waals surface area contributed by atoms with Crippen LogP contribution in [0.2, 0.25) is 0 Å². The van der Waals surface area contributed by atoms with E-state index in [1.807, 2.05) is 6.92 Å². The molecule has 0 aromatic carbocycles. The second-order valence-electron chi connectivity index (χ2n) is 4.75. The lowest BCUT2D eigenvalue weighted by Crippen LogP contribution is -2.44. The summed E-state index contributed by atoms with van der Waals surface area (Å²) in [5, 5.41) is 2.78. The van der Waals surface area contributed by atoms with Crippen LogP contribution < -0.4 is 5.32 Å². The van der Waals surface area contributed by atoms with E-state index in [-0.39, 0.29) is 23.8 Å². The highest BCUT2D eigenvalue weighted by molar-refractivity contribution is 5.82. The van der Waals surface area contributed by atoms with Gasteiger partial charge in [0.2, 0.25) is 11.8 Å². The Kier molecular flexibility index (Phi) is 3.99. The van der Waals surface area contributed by atoms with Gasteiger partial charge in [0.15, 0.2) is 0 Å². The van der Waals surface area contributed by atoms with Crippen molar-refractivity contribution in [2.24, 2.45) is 5.92 Å².